The van der Waals surface area contributed by atoms with E-state index in [1.807, 2.05) is 11.3 Å². The Labute approximate surface area is 115 Å². The lowest BCUT2D eigenvalue weighted by atomic mass is 10.0. The first kappa shape index (κ1) is 14.0. The molecule has 1 aromatic heterocycles. The third-order valence-electron chi connectivity index (χ3n) is 3.93. The molecule has 0 saturated carbocycles. The molecule has 0 spiro atoms. The lowest BCUT2D eigenvalue weighted by molar-refractivity contribution is 0.154. The van der Waals surface area contributed by atoms with Crippen molar-refractivity contribution in [2.45, 2.75) is 52.1 Å². The summed E-state index contributed by atoms with van der Waals surface area (Å²) in [4.78, 5) is 5.58. The molecule has 1 aliphatic rings. The minimum absolute atomic E-state index is 0.593. The number of hydrogen-bond acceptors (Lipinski definition) is 3. The Morgan fingerprint density at radius 3 is 2.67 bits per heavy atom. The van der Waals surface area contributed by atoms with E-state index in [0.717, 1.165) is 6.04 Å². The van der Waals surface area contributed by atoms with Crippen LogP contribution in [-0.4, -0.2) is 30.6 Å². The molecule has 3 heteroatoms. The normalized spacial score (nSPS) is 20.2. The second-order valence-corrected chi connectivity index (χ2v) is 6.71. The molecule has 0 radical (unpaired) electrons. The summed E-state index contributed by atoms with van der Waals surface area (Å²) in [5.74, 6) is 0. The molecule has 1 aromatic rings. The number of thiophene rings is 1. The van der Waals surface area contributed by atoms with Gasteiger partial charge in [0.15, 0.2) is 0 Å². The number of rotatable bonds is 5. The molecule has 0 aliphatic carbocycles. The van der Waals surface area contributed by atoms with Crippen molar-refractivity contribution in [1.82, 2.24) is 10.2 Å². The van der Waals surface area contributed by atoms with E-state index in [1.54, 1.807) is 0 Å². The summed E-state index contributed by atoms with van der Waals surface area (Å²) in [5, 5.41) is 3.65. The van der Waals surface area contributed by atoms with Crippen molar-refractivity contribution in [2.75, 3.05) is 19.6 Å². The number of likely N-dealkylation sites (tertiary alicyclic amines) is 1. The lowest BCUT2D eigenvalue weighted by Gasteiger charge is -2.36. The van der Waals surface area contributed by atoms with E-state index in [1.165, 1.54) is 48.7 Å². The predicted octanol–water partition coefficient (Wildman–Crippen LogP) is 3.58. The van der Waals surface area contributed by atoms with Crippen LogP contribution in [0.4, 0.5) is 0 Å². The maximum Gasteiger partial charge on any atom is 0.0413 e. The van der Waals surface area contributed by atoms with E-state index in [0.29, 0.717) is 6.04 Å². The van der Waals surface area contributed by atoms with Gasteiger partial charge in [-0.1, -0.05) is 6.92 Å². The van der Waals surface area contributed by atoms with Crippen molar-refractivity contribution < 1.29 is 0 Å². The lowest BCUT2D eigenvalue weighted by Crippen LogP contribution is -2.43. The molecule has 2 rings (SSSR count). The predicted molar refractivity (Wildman–Crippen MR) is 80.4 cm³/mol. The minimum Gasteiger partial charge on any atom is -0.314 e. The number of nitrogens with one attached hydrogen (secondary N) is 1. The zero-order chi connectivity index (χ0) is 13.0. The summed E-state index contributed by atoms with van der Waals surface area (Å²) >= 11 is 1.95. The molecular weight excluding hydrogens is 240 g/mol. The Kier molecular flexibility index (Phi) is 5.22. The Balaban J connectivity index is 1.82. The monoisotopic (exact) mass is 266 g/mol. The zero-order valence-corrected chi connectivity index (χ0v) is 12.7. The van der Waals surface area contributed by atoms with Crippen LogP contribution in [0.1, 0.15) is 48.9 Å². The highest BCUT2D eigenvalue weighted by Crippen LogP contribution is 2.29. The van der Waals surface area contributed by atoms with Gasteiger partial charge in [-0.2, -0.15) is 0 Å². The van der Waals surface area contributed by atoms with Gasteiger partial charge in [-0.05, 0) is 51.8 Å². The van der Waals surface area contributed by atoms with E-state index >= 15 is 0 Å². The summed E-state index contributed by atoms with van der Waals surface area (Å²) in [6.07, 6.45) is 3.84. The molecule has 2 nitrogen and oxygen atoms in total. The van der Waals surface area contributed by atoms with E-state index in [4.69, 9.17) is 0 Å². The second kappa shape index (κ2) is 6.69. The van der Waals surface area contributed by atoms with Crippen LogP contribution < -0.4 is 5.32 Å². The summed E-state index contributed by atoms with van der Waals surface area (Å²) in [7, 11) is 0. The summed E-state index contributed by atoms with van der Waals surface area (Å²) in [6.45, 7) is 10.4. The van der Waals surface area contributed by atoms with Gasteiger partial charge in [-0.3, -0.25) is 4.90 Å². The fourth-order valence-electron chi connectivity index (χ4n) is 2.70. The molecule has 2 heterocycles. The van der Waals surface area contributed by atoms with Crippen LogP contribution in [0.3, 0.4) is 0 Å². The average molecular weight is 266 g/mol. The van der Waals surface area contributed by atoms with Crippen molar-refractivity contribution in [3.05, 3.63) is 21.9 Å². The molecule has 1 unspecified atom stereocenters. The van der Waals surface area contributed by atoms with Crippen molar-refractivity contribution in [2.24, 2.45) is 0 Å². The number of hydrogen-bond donors (Lipinski definition) is 1. The molecule has 1 aliphatic heterocycles. The number of aryl methyl sites for hydroxylation is 1. The zero-order valence-electron chi connectivity index (χ0n) is 11.9. The Hall–Kier alpha value is -0.380. The highest BCUT2D eigenvalue weighted by molar-refractivity contribution is 7.12. The maximum atomic E-state index is 3.65. The molecule has 1 atom stereocenters. The fraction of sp³-hybridized carbons (Fsp3) is 0.733. The van der Waals surface area contributed by atoms with Crippen molar-refractivity contribution in [3.63, 3.8) is 0 Å². The van der Waals surface area contributed by atoms with Gasteiger partial charge >= 0.3 is 0 Å². The highest BCUT2D eigenvalue weighted by atomic mass is 32.1. The second-order valence-electron chi connectivity index (χ2n) is 5.39. The molecule has 102 valence electrons. The topological polar surface area (TPSA) is 15.3 Å². The van der Waals surface area contributed by atoms with Gasteiger partial charge in [0.25, 0.3) is 0 Å². The van der Waals surface area contributed by atoms with Crippen LogP contribution in [0, 0.1) is 6.92 Å². The number of piperidine rings is 1. The van der Waals surface area contributed by atoms with Crippen molar-refractivity contribution in [3.8, 4) is 0 Å². The van der Waals surface area contributed by atoms with Gasteiger partial charge in [-0.25, -0.2) is 0 Å². The van der Waals surface area contributed by atoms with E-state index in [9.17, 15) is 0 Å². The molecule has 1 saturated heterocycles. The molecular formula is C15H26N2S. The maximum absolute atomic E-state index is 3.65. The van der Waals surface area contributed by atoms with Crippen LogP contribution in [0.15, 0.2) is 12.1 Å². The van der Waals surface area contributed by atoms with Crippen LogP contribution in [0.5, 0.6) is 0 Å². The van der Waals surface area contributed by atoms with Gasteiger partial charge in [0, 0.05) is 34.9 Å². The van der Waals surface area contributed by atoms with Crippen molar-refractivity contribution >= 4 is 11.3 Å². The molecule has 18 heavy (non-hydrogen) atoms. The van der Waals surface area contributed by atoms with Crippen LogP contribution in [-0.2, 0) is 0 Å². The summed E-state index contributed by atoms with van der Waals surface area (Å²) < 4.78 is 0. The van der Waals surface area contributed by atoms with Gasteiger partial charge in [0.05, 0.1) is 0 Å². The van der Waals surface area contributed by atoms with Gasteiger partial charge in [0.1, 0.15) is 0 Å². The molecule has 0 bridgehead atoms. The van der Waals surface area contributed by atoms with Crippen LogP contribution >= 0.6 is 11.3 Å². The van der Waals surface area contributed by atoms with E-state index in [2.05, 4.69) is 43.1 Å². The summed E-state index contributed by atoms with van der Waals surface area (Å²) in [5.41, 5.74) is 0. The first-order chi connectivity index (χ1) is 8.70. The molecule has 0 amide bonds. The molecule has 1 fully saturated rings. The smallest absolute Gasteiger partial charge is 0.0413 e. The highest BCUT2D eigenvalue weighted by Gasteiger charge is 2.23. The molecule has 0 aromatic carbocycles. The molecule has 1 N–H and O–H groups in total. The first-order valence-corrected chi connectivity index (χ1v) is 8.06. The minimum atomic E-state index is 0.593. The largest absolute Gasteiger partial charge is 0.314 e. The van der Waals surface area contributed by atoms with Crippen molar-refractivity contribution in [1.29, 1.82) is 0 Å². The van der Waals surface area contributed by atoms with Gasteiger partial charge < -0.3 is 5.32 Å². The third kappa shape index (κ3) is 3.56. The quantitative estimate of drug-likeness (QED) is 0.876. The Bertz CT molecular complexity index is 353. The van der Waals surface area contributed by atoms with Crippen LogP contribution in [0.25, 0.3) is 0 Å². The Morgan fingerprint density at radius 1 is 1.39 bits per heavy atom. The number of nitrogens with zero attached hydrogens (tertiary/aromatic N) is 1. The van der Waals surface area contributed by atoms with Crippen LogP contribution in [0.2, 0.25) is 0 Å². The van der Waals surface area contributed by atoms with Gasteiger partial charge in [-0.15, -0.1) is 11.3 Å². The van der Waals surface area contributed by atoms with E-state index < -0.39 is 0 Å². The SMILES string of the molecule is CCCNC1CCN(C(C)c2ccc(C)s2)CC1. The third-order valence-corrected chi connectivity index (χ3v) is 5.10. The fourth-order valence-corrected chi connectivity index (χ4v) is 3.66. The van der Waals surface area contributed by atoms with Gasteiger partial charge in [0.2, 0.25) is 0 Å². The van der Waals surface area contributed by atoms with E-state index in [-0.39, 0.29) is 0 Å². The summed E-state index contributed by atoms with van der Waals surface area (Å²) in [6, 6.07) is 5.88. The first-order valence-electron chi connectivity index (χ1n) is 7.24. The standard InChI is InChI=1S/C15H26N2S/c1-4-9-16-14-7-10-17(11-8-14)13(3)15-6-5-12(2)18-15/h5-6,13-14,16H,4,7-11H2,1-3H3. The average Bonchev–Trinajstić information content (AvgIpc) is 2.83. The Morgan fingerprint density at radius 2 is 2.11 bits per heavy atom.